The summed E-state index contributed by atoms with van der Waals surface area (Å²) in [4.78, 5) is 26.5. The van der Waals surface area contributed by atoms with Crippen molar-refractivity contribution < 1.29 is 14.6 Å². The van der Waals surface area contributed by atoms with Crippen LogP contribution in [0.3, 0.4) is 0 Å². The predicted octanol–water partition coefficient (Wildman–Crippen LogP) is 5.14. The summed E-state index contributed by atoms with van der Waals surface area (Å²) in [6.45, 7) is 8.22. The molecule has 0 radical (unpaired) electrons. The zero-order valence-corrected chi connectivity index (χ0v) is 21.3. The largest absolute Gasteiger partial charge is 0.507 e. The van der Waals surface area contributed by atoms with E-state index < -0.39 is 0 Å². The van der Waals surface area contributed by atoms with Gasteiger partial charge in [-0.15, -0.1) is 0 Å². The molecule has 1 fully saturated rings. The molecule has 1 aromatic heterocycles. The van der Waals surface area contributed by atoms with Crippen LogP contribution in [0, 0.1) is 5.92 Å². The Morgan fingerprint density at radius 2 is 1.78 bits per heavy atom. The zero-order valence-electron chi connectivity index (χ0n) is 21.3. The number of fused-ring (bicyclic) bond motifs is 1. The maximum absolute atomic E-state index is 13.3. The number of morpholine rings is 1. The maximum Gasteiger partial charge on any atom is 0.257 e. The highest BCUT2D eigenvalue weighted by Crippen LogP contribution is 2.30. The van der Waals surface area contributed by atoms with E-state index >= 15 is 0 Å². The molecule has 37 heavy (non-hydrogen) atoms. The lowest BCUT2D eigenvalue weighted by molar-refractivity contribution is 0.0719. The fourth-order valence-electron chi connectivity index (χ4n) is 4.80. The molecule has 3 aromatic carbocycles. The van der Waals surface area contributed by atoms with Crippen molar-refractivity contribution in [2.45, 2.75) is 20.4 Å². The number of phenols is 1. The first-order chi connectivity index (χ1) is 18.0. The fraction of sp³-hybridized carbons (Fsp3) is 0.300. The van der Waals surface area contributed by atoms with Crippen LogP contribution in [0.5, 0.6) is 5.75 Å². The van der Waals surface area contributed by atoms with E-state index in [1.807, 2.05) is 23.1 Å². The lowest BCUT2D eigenvalue weighted by atomic mass is 10.0. The van der Waals surface area contributed by atoms with Crippen molar-refractivity contribution >= 4 is 22.6 Å². The Kier molecular flexibility index (Phi) is 7.32. The number of hydrogen-bond acceptors (Lipinski definition) is 6. The molecule has 1 saturated heterocycles. The normalized spacial score (nSPS) is 13.8. The quantitative estimate of drug-likeness (QED) is 0.382. The second-order valence-corrected chi connectivity index (χ2v) is 9.83. The number of ether oxygens (including phenoxy) is 1. The van der Waals surface area contributed by atoms with Crippen molar-refractivity contribution in [2.75, 3.05) is 37.7 Å². The number of phenolic OH excluding ortho intramolecular Hbond substituents is 1. The molecule has 0 bridgehead atoms. The van der Waals surface area contributed by atoms with Crippen LogP contribution < -0.4 is 4.90 Å². The Bertz CT molecular complexity index is 1400. The van der Waals surface area contributed by atoms with Crippen LogP contribution in [0.2, 0.25) is 0 Å². The minimum absolute atomic E-state index is 0.00413. The van der Waals surface area contributed by atoms with Gasteiger partial charge < -0.3 is 19.6 Å². The third-order valence-electron chi connectivity index (χ3n) is 6.57. The van der Waals surface area contributed by atoms with Crippen LogP contribution in [0.15, 0.2) is 73.1 Å². The molecule has 0 aliphatic carbocycles. The van der Waals surface area contributed by atoms with E-state index in [9.17, 15) is 9.90 Å². The zero-order chi connectivity index (χ0) is 25.8. The molecule has 1 aliphatic heterocycles. The molecule has 1 amide bonds. The number of hydrogen-bond donors (Lipinski definition) is 1. The van der Waals surface area contributed by atoms with E-state index in [1.165, 1.54) is 0 Å². The molecule has 7 nitrogen and oxygen atoms in total. The Hall–Kier alpha value is -3.97. The number of anilines is 1. The molecule has 1 aliphatic rings. The van der Waals surface area contributed by atoms with Crippen LogP contribution in [-0.4, -0.2) is 58.7 Å². The van der Waals surface area contributed by atoms with Gasteiger partial charge in [0.15, 0.2) is 0 Å². The van der Waals surface area contributed by atoms with Crippen LogP contribution >= 0.6 is 0 Å². The number of nitrogens with zero attached hydrogens (tertiary/aromatic N) is 4. The summed E-state index contributed by atoms with van der Waals surface area (Å²) >= 11 is 0. The number of benzene rings is 3. The van der Waals surface area contributed by atoms with Crippen molar-refractivity contribution in [3.05, 3.63) is 84.2 Å². The lowest BCUT2D eigenvalue weighted by Crippen LogP contribution is -2.36. The summed E-state index contributed by atoms with van der Waals surface area (Å²) in [6, 6.07) is 21.3. The number of amides is 1. The van der Waals surface area contributed by atoms with Gasteiger partial charge in [0.05, 0.1) is 24.3 Å². The Labute approximate surface area is 217 Å². The molecule has 4 aromatic rings. The summed E-state index contributed by atoms with van der Waals surface area (Å²) in [7, 11) is 0. The number of rotatable bonds is 7. The minimum Gasteiger partial charge on any atom is -0.507 e. The van der Waals surface area contributed by atoms with E-state index in [4.69, 9.17) is 4.74 Å². The van der Waals surface area contributed by atoms with E-state index in [0.29, 0.717) is 31.9 Å². The molecular weight excluding hydrogens is 464 g/mol. The first-order valence-corrected chi connectivity index (χ1v) is 12.7. The Morgan fingerprint density at radius 1 is 1.00 bits per heavy atom. The summed E-state index contributed by atoms with van der Waals surface area (Å²) in [5.74, 6) is 1.06. The van der Waals surface area contributed by atoms with Crippen molar-refractivity contribution in [2.24, 2.45) is 5.92 Å². The predicted molar refractivity (Wildman–Crippen MR) is 146 cm³/mol. The van der Waals surface area contributed by atoms with E-state index in [1.54, 1.807) is 30.6 Å². The molecular formula is C30H32N4O3. The summed E-state index contributed by atoms with van der Waals surface area (Å²) < 4.78 is 5.52. The molecule has 0 saturated carbocycles. The van der Waals surface area contributed by atoms with Crippen molar-refractivity contribution in [3.8, 4) is 16.9 Å². The van der Waals surface area contributed by atoms with E-state index in [-0.39, 0.29) is 17.6 Å². The first kappa shape index (κ1) is 24.7. The lowest BCUT2D eigenvalue weighted by Gasteiger charge is -2.28. The second-order valence-electron chi connectivity index (χ2n) is 9.83. The monoisotopic (exact) mass is 496 g/mol. The Morgan fingerprint density at radius 3 is 2.57 bits per heavy atom. The first-order valence-electron chi connectivity index (χ1n) is 12.7. The van der Waals surface area contributed by atoms with Gasteiger partial charge in [-0.05, 0) is 52.9 Å². The third kappa shape index (κ3) is 5.57. The van der Waals surface area contributed by atoms with Crippen LogP contribution in [0.1, 0.15) is 29.8 Å². The Balaban J connectivity index is 1.45. The van der Waals surface area contributed by atoms with Gasteiger partial charge in [-0.1, -0.05) is 50.2 Å². The highest BCUT2D eigenvalue weighted by Gasteiger charge is 2.21. The number of para-hydroxylation sites is 1. The van der Waals surface area contributed by atoms with Crippen LogP contribution in [0.25, 0.3) is 22.0 Å². The number of carbonyl (C=O) groups excluding carboxylic acids is 1. The topological polar surface area (TPSA) is 78.8 Å². The van der Waals surface area contributed by atoms with Gasteiger partial charge in [0.2, 0.25) is 0 Å². The fourth-order valence-corrected chi connectivity index (χ4v) is 4.80. The average molecular weight is 497 g/mol. The number of aromatic hydroxyl groups is 1. The average Bonchev–Trinajstić information content (AvgIpc) is 2.92. The molecule has 0 spiro atoms. The van der Waals surface area contributed by atoms with Crippen LogP contribution in [0.4, 0.5) is 5.82 Å². The van der Waals surface area contributed by atoms with Crippen molar-refractivity contribution in [1.29, 1.82) is 0 Å². The molecule has 5 rings (SSSR count). The minimum atomic E-state index is -0.171. The standard InChI is InChI=1S/C30H32N4O3/c1-21(2)18-34(30(36)25-8-3-4-9-28(25)35)19-22-6-5-7-23(16-22)24-10-11-27-26(17-24)29(32-20-31-27)33-12-14-37-15-13-33/h3-11,16-17,20-21,35H,12-15,18-19H2,1-2H3. The van der Waals surface area contributed by atoms with Gasteiger partial charge in [0.1, 0.15) is 17.9 Å². The van der Waals surface area contributed by atoms with Gasteiger partial charge >= 0.3 is 0 Å². The summed E-state index contributed by atoms with van der Waals surface area (Å²) in [5, 5.41) is 11.3. The number of aromatic nitrogens is 2. The molecule has 1 N–H and O–H groups in total. The molecule has 190 valence electrons. The smallest absolute Gasteiger partial charge is 0.257 e. The highest BCUT2D eigenvalue weighted by atomic mass is 16.5. The molecule has 0 unspecified atom stereocenters. The number of carbonyl (C=O) groups is 1. The van der Waals surface area contributed by atoms with Gasteiger partial charge in [-0.2, -0.15) is 0 Å². The summed E-state index contributed by atoms with van der Waals surface area (Å²) in [6.07, 6.45) is 1.62. The van der Waals surface area contributed by atoms with Gasteiger partial charge in [-0.3, -0.25) is 4.79 Å². The van der Waals surface area contributed by atoms with Crippen LogP contribution in [-0.2, 0) is 11.3 Å². The van der Waals surface area contributed by atoms with Gasteiger partial charge in [0, 0.05) is 31.6 Å². The van der Waals surface area contributed by atoms with E-state index in [0.717, 1.165) is 46.5 Å². The second kappa shape index (κ2) is 11.0. The molecule has 2 heterocycles. The van der Waals surface area contributed by atoms with Crippen molar-refractivity contribution in [1.82, 2.24) is 14.9 Å². The molecule has 7 heteroatoms. The highest BCUT2D eigenvalue weighted by molar-refractivity contribution is 5.97. The van der Waals surface area contributed by atoms with E-state index in [2.05, 4.69) is 53.0 Å². The van der Waals surface area contributed by atoms with Crippen molar-refractivity contribution in [3.63, 3.8) is 0 Å². The van der Waals surface area contributed by atoms with Gasteiger partial charge in [0.25, 0.3) is 5.91 Å². The van der Waals surface area contributed by atoms with Gasteiger partial charge in [-0.25, -0.2) is 9.97 Å². The molecule has 0 atom stereocenters. The third-order valence-corrected chi connectivity index (χ3v) is 6.57. The summed E-state index contributed by atoms with van der Waals surface area (Å²) in [5.41, 5.74) is 4.40. The maximum atomic E-state index is 13.3. The SMILES string of the molecule is CC(C)CN(Cc1cccc(-c2ccc3ncnc(N4CCOCC4)c3c2)c1)C(=O)c1ccccc1O.